The Balaban J connectivity index is 1.51. The molecule has 0 aliphatic carbocycles. The summed E-state index contributed by atoms with van der Waals surface area (Å²) in [7, 11) is 1.77. The summed E-state index contributed by atoms with van der Waals surface area (Å²) < 4.78 is 6.70. The van der Waals surface area contributed by atoms with Gasteiger partial charge in [0.1, 0.15) is 0 Å². The van der Waals surface area contributed by atoms with Crippen molar-refractivity contribution in [3.05, 3.63) is 71.5 Å². The second kappa shape index (κ2) is 11.1. The fourth-order valence-corrected chi connectivity index (χ4v) is 3.47. The number of carbonyl (C=O) groups excluding carboxylic acids is 3. The third kappa shape index (κ3) is 6.17. The van der Waals surface area contributed by atoms with E-state index in [0.717, 1.165) is 0 Å². The van der Waals surface area contributed by atoms with Crippen LogP contribution in [-0.4, -0.2) is 44.9 Å². The maximum atomic E-state index is 12.3. The number of anilines is 1. The molecule has 0 aliphatic heterocycles. The molecule has 3 aromatic rings. The first-order valence-electron chi connectivity index (χ1n) is 9.89. The highest BCUT2D eigenvalue weighted by Crippen LogP contribution is 2.17. The molecule has 10 heteroatoms. The molecular weight excluding hydrogens is 430 g/mol. The predicted molar refractivity (Wildman–Crippen MR) is 120 cm³/mol. The lowest BCUT2D eigenvalue weighted by atomic mass is 10.2. The third-order valence-corrected chi connectivity index (χ3v) is 5.38. The van der Waals surface area contributed by atoms with E-state index in [1.807, 2.05) is 6.07 Å². The van der Waals surface area contributed by atoms with Crippen molar-refractivity contribution in [1.29, 1.82) is 0 Å². The van der Waals surface area contributed by atoms with Gasteiger partial charge in [-0.2, -0.15) is 0 Å². The lowest BCUT2D eigenvalue weighted by Crippen LogP contribution is -2.24. The topological polar surface area (TPSA) is 115 Å². The van der Waals surface area contributed by atoms with Crippen LogP contribution in [0.3, 0.4) is 0 Å². The van der Waals surface area contributed by atoms with Gasteiger partial charge in [-0.3, -0.25) is 9.59 Å². The van der Waals surface area contributed by atoms with Gasteiger partial charge in [0.15, 0.2) is 11.0 Å². The average molecular weight is 454 g/mol. The minimum Gasteiger partial charge on any atom is -0.462 e. The Labute approximate surface area is 189 Å². The SMILES string of the molecule is CCOC(=O)c1cccc(NC(=O)CSc2nnc(CNC(=O)c3ccccc3)n2C)c1. The second-order valence-corrected chi connectivity index (χ2v) is 7.59. The van der Waals surface area contributed by atoms with Gasteiger partial charge in [-0.05, 0) is 37.3 Å². The second-order valence-electron chi connectivity index (χ2n) is 6.64. The highest BCUT2D eigenvalue weighted by molar-refractivity contribution is 7.99. The Bertz CT molecular complexity index is 1100. The van der Waals surface area contributed by atoms with Crippen molar-refractivity contribution < 1.29 is 19.1 Å². The van der Waals surface area contributed by atoms with Crippen molar-refractivity contribution in [3.63, 3.8) is 0 Å². The van der Waals surface area contributed by atoms with E-state index in [2.05, 4.69) is 20.8 Å². The van der Waals surface area contributed by atoms with Gasteiger partial charge in [0.05, 0.1) is 24.5 Å². The van der Waals surface area contributed by atoms with Crippen LogP contribution in [0, 0.1) is 0 Å². The van der Waals surface area contributed by atoms with Crippen molar-refractivity contribution in [3.8, 4) is 0 Å². The van der Waals surface area contributed by atoms with Crippen LogP contribution in [0.5, 0.6) is 0 Å². The first-order valence-corrected chi connectivity index (χ1v) is 10.9. The number of benzene rings is 2. The molecule has 9 nitrogen and oxygen atoms in total. The van der Waals surface area contributed by atoms with E-state index in [1.54, 1.807) is 67.1 Å². The van der Waals surface area contributed by atoms with Crippen LogP contribution in [0.4, 0.5) is 5.69 Å². The summed E-state index contributed by atoms with van der Waals surface area (Å²) in [5.74, 6) is -0.222. The molecule has 32 heavy (non-hydrogen) atoms. The van der Waals surface area contributed by atoms with Gasteiger partial charge < -0.3 is 19.9 Å². The lowest BCUT2D eigenvalue weighted by Gasteiger charge is -2.08. The van der Waals surface area contributed by atoms with Crippen molar-refractivity contribution in [1.82, 2.24) is 20.1 Å². The van der Waals surface area contributed by atoms with E-state index in [1.165, 1.54) is 11.8 Å². The Kier molecular flexibility index (Phi) is 7.98. The van der Waals surface area contributed by atoms with Crippen LogP contribution in [0.1, 0.15) is 33.5 Å². The number of hydrogen-bond donors (Lipinski definition) is 2. The molecule has 0 radical (unpaired) electrons. The summed E-state index contributed by atoms with van der Waals surface area (Å²) in [6.45, 7) is 2.22. The number of carbonyl (C=O) groups is 3. The number of nitrogens with one attached hydrogen (secondary N) is 2. The molecule has 1 heterocycles. The van der Waals surface area contributed by atoms with Gasteiger partial charge in [0.25, 0.3) is 5.91 Å². The molecule has 1 aromatic heterocycles. The molecule has 3 rings (SSSR count). The molecule has 2 N–H and O–H groups in total. The van der Waals surface area contributed by atoms with Crippen LogP contribution in [0.25, 0.3) is 0 Å². The predicted octanol–water partition coefficient (Wildman–Crippen LogP) is 2.65. The first kappa shape index (κ1) is 23.0. The number of ether oxygens (including phenoxy) is 1. The smallest absolute Gasteiger partial charge is 0.338 e. The number of amides is 2. The maximum Gasteiger partial charge on any atom is 0.338 e. The number of rotatable bonds is 9. The molecule has 2 amide bonds. The molecule has 0 aliphatic rings. The summed E-state index contributed by atoms with van der Waals surface area (Å²) in [5.41, 5.74) is 1.43. The van der Waals surface area contributed by atoms with Crippen LogP contribution in [-0.2, 0) is 23.1 Å². The quantitative estimate of drug-likeness (QED) is 0.378. The van der Waals surface area contributed by atoms with Crippen LogP contribution >= 0.6 is 11.8 Å². The molecule has 0 atom stereocenters. The van der Waals surface area contributed by atoms with Crippen molar-refractivity contribution in [2.75, 3.05) is 17.7 Å². The van der Waals surface area contributed by atoms with Crippen molar-refractivity contribution in [2.24, 2.45) is 7.05 Å². The average Bonchev–Trinajstić information content (AvgIpc) is 3.16. The monoisotopic (exact) mass is 453 g/mol. The number of hydrogen-bond acceptors (Lipinski definition) is 7. The standard InChI is InChI=1S/C22H23N5O4S/c1-3-31-21(30)16-10-7-11-17(12-16)24-19(28)14-32-22-26-25-18(27(22)2)13-23-20(29)15-8-5-4-6-9-15/h4-12H,3,13-14H2,1-2H3,(H,23,29)(H,24,28). The number of esters is 1. The summed E-state index contributed by atoms with van der Waals surface area (Å²) in [5, 5.41) is 14.3. The minimum atomic E-state index is -0.441. The molecule has 0 fully saturated rings. The summed E-state index contributed by atoms with van der Waals surface area (Å²) in [4.78, 5) is 36.3. The Morgan fingerprint density at radius 3 is 2.53 bits per heavy atom. The number of thioether (sulfide) groups is 1. The van der Waals surface area contributed by atoms with Gasteiger partial charge in [0.2, 0.25) is 5.91 Å². The van der Waals surface area contributed by atoms with Crippen LogP contribution in [0.2, 0.25) is 0 Å². The van der Waals surface area contributed by atoms with Gasteiger partial charge in [-0.25, -0.2) is 4.79 Å². The molecular formula is C22H23N5O4S. The highest BCUT2D eigenvalue weighted by atomic mass is 32.2. The Hall–Kier alpha value is -3.66. The lowest BCUT2D eigenvalue weighted by molar-refractivity contribution is -0.113. The molecule has 0 spiro atoms. The van der Waals surface area contributed by atoms with Crippen LogP contribution in [0.15, 0.2) is 59.8 Å². The summed E-state index contributed by atoms with van der Waals surface area (Å²) in [6, 6.07) is 15.5. The van der Waals surface area contributed by atoms with Crippen molar-refractivity contribution in [2.45, 2.75) is 18.6 Å². The van der Waals surface area contributed by atoms with Crippen LogP contribution < -0.4 is 10.6 Å². The van der Waals surface area contributed by atoms with Gasteiger partial charge in [-0.15, -0.1) is 10.2 Å². The van der Waals surface area contributed by atoms with E-state index >= 15 is 0 Å². The zero-order valence-corrected chi connectivity index (χ0v) is 18.5. The largest absolute Gasteiger partial charge is 0.462 e. The number of nitrogens with zero attached hydrogens (tertiary/aromatic N) is 3. The normalized spacial score (nSPS) is 10.4. The number of aromatic nitrogens is 3. The zero-order chi connectivity index (χ0) is 22.9. The summed E-state index contributed by atoms with van der Waals surface area (Å²) >= 11 is 1.22. The molecule has 0 bridgehead atoms. The molecule has 0 saturated heterocycles. The van der Waals surface area contributed by atoms with E-state index in [-0.39, 0.29) is 30.7 Å². The van der Waals surface area contributed by atoms with E-state index in [9.17, 15) is 14.4 Å². The molecule has 0 unspecified atom stereocenters. The van der Waals surface area contributed by atoms with E-state index in [4.69, 9.17) is 4.74 Å². The molecule has 166 valence electrons. The molecule has 2 aromatic carbocycles. The maximum absolute atomic E-state index is 12.3. The molecule has 0 saturated carbocycles. The minimum absolute atomic E-state index is 0.103. The Morgan fingerprint density at radius 1 is 1.03 bits per heavy atom. The zero-order valence-electron chi connectivity index (χ0n) is 17.7. The highest BCUT2D eigenvalue weighted by Gasteiger charge is 2.14. The van der Waals surface area contributed by atoms with Crippen molar-refractivity contribution >= 4 is 35.2 Å². The van der Waals surface area contributed by atoms with Gasteiger partial charge >= 0.3 is 5.97 Å². The first-order chi connectivity index (χ1) is 15.5. The fraction of sp³-hybridized carbons (Fsp3) is 0.227. The van der Waals surface area contributed by atoms with Gasteiger partial charge in [0, 0.05) is 18.3 Å². The fourth-order valence-electron chi connectivity index (χ4n) is 2.74. The van der Waals surface area contributed by atoms with E-state index in [0.29, 0.717) is 27.8 Å². The van der Waals surface area contributed by atoms with E-state index < -0.39 is 5.97 Å². The Morgan fingerprint density at radius 2 is 1.78 bits per heavy atom. The summed E-state index contributed by atoms with van der Waals surface area (Å²) in [6.07, 6.45) is 0. The third-order valence-electron chi connectivity index (χ3n) is 4.36. The van der Waals surface area contributed by atoms with Gasteiger partial charge in [-0.1, -0.05) is 36.0 Å².